The van der Waals surface area contributed by atoms with Gasteiger partial charge in [0.25, 0.3) is 11.8 Å². The Morgan fingerprint density at radius 1 is 0.556 bits per heavy atom. The number of rotatable bonds is 6. The van der Waals surface area contributed by atoms with E-state index in [9.17, 15) is 29.4 Å². The van der Waals surface area contributed by atoms with Crippen LogP contribution in [-0.4, -0.2) is 34.0 Å². The van der Waals surface area contributed by atoms with Gasteiger partial charge < -0.3 is 20.8 Å². The zero-order chi connectivity index (χ0) is 26.0. The fraction of sp³-hybridized carbons (Fsp3) is 0.0714. The normalized spacial score (nSPS) is 10.6. The van der Waals surface area contributed by atoms with Crippen molar-refractivity contribution < 1.29 is 29.4 Å². The largest absolute Gasteiger partial charge is 0.478 e. The second kappa shape index (κ2) is 9.71. The highest BCUT2D eigenvalue weighted by Gasteiger charge is 2.33. The van der Waals surface area contributed by atoms with E-state index in [1.165, 1.54) is 18.2 Å². The summed E-state index contributed by atoms with van der Waals surface area (Å²) in [6.45, 7) is 3.66. The van der Waals surface area contributed by atoms with Gasteiger partial charge in [0.1, 0.15) is 0 Å². The minimum Gasteiger partial charge on any atom is -0.478 e. The lowest BCUT2D eigenvalue weighted by Gasteiger charge is -2.19. The average Bonchev–Trinajstić information content (AvgIpc) is 2.82. The van der Waals surface area contributed by atoms with E-state index in [1.807, 2.05) is 26.0 Å². The van der Waals surface area contributed by atoms with Crippen LogP contribution in [0.1, 0.15) is 52.6 Å². The molecule has 180 valence electrons. The molecule has 0 atom stereocenters. The van der Waals surface area contributed by atoms with Gasteiger partial charge in [-0.05, 0) is 60.0 Å². The summed E-state index contributed by atoms with van der Waals surface area (Å²) in [7, 11) is 0. The number of carbonyl (C=O) groups is 4. The summed E-state index contributed by atoms with van der Waals surface area (Å²) in [5, 5.41) is 25.5. The molecule has 0 saturated carbocycles. The maximum absolute atomic E-state index is 13.6. The van der Waals surface area contributed by atoms with E-state index in [1.54, 1.807) is 42.5 Å². The Balaban J connectivity index is 2.01. The molecule has 0 fully saturated rings. The van der Waals surface area contributed by atoms with Crippen LogP contribution in [0, 0.1) is 13.8 Å². The van der Waals surface area contributed by atoms with Crippen LogP contribution in [-0.2, 0) is 0 Å². The number of hydrogen-bond donors (Lipinski definition) is 4. The number of aromatic carboxylic acids is 2. The van der Waals surface area contributed by atoms with Gasteiger partial charge in [0, 0.05) is 11.4 Å². The molecule has 4 rings (SSSR count). The maximum atomic E-state index is 13.6. The predicted octanol–water partition coefficient (Wildman–Crippen LogP) is 5.36. The number of nitrogens with one attached hydrogen (secondary N) is 2. The van der Waals surface area contributed by atoms with E-state index in [0.717, 1.165) is 11.1 Å². The van der Waals surface area contributed by atoms with Crippen molar-refractivity contribution >= 4 is 45.9 Å². The molecule has 0 saturated heterocycles. The first-order valence-corrected chi connectivity index (χ1v) is 11.0. The molecular weight excluding hydrogens is 460 g/mol. The van der Waals surface area contributed by atoms with Crippen LogP contribution in [0.15, 0.2) is 72.8 Å². The maximum Gasteiger partial charge on any atom is 0.337 e. The van der Waals surface area contributed by atoms with Crippen LogP contribution >= 0.6 is 0 Å². The van der Waals surface area contributed by atoms with Crippen molar-refractivity contribution in [3.05, 3.63) is 106 Å². The molecule has 8 heteroatoms. The van der Waals surface area contributed by atoms with E-state index in [2.05, 4.69) is 10.6 Å². The molecule has 36 heavy (non-hydrogen) atoms. The zero-order valence-electron chi connectivity index (χ0n) is 19.5. The molecule has 0 aliphatic heterocycles. The Morgan fingerprint density at radius 3 is 1.44 bits per heavy atom. The van der Waals surface area contributed by atoms with Crippen molar-refractivity contribution in [1.29, 1.82) is 0 Å². The molecule has 8 nitrogen and oxygen atoms in total. The highest BCUT2D eigenvalue weighted by molar-refractivity contribution is 6.28. The standard InChI is InChI=1S/C28H22N2O6/c1-15-7-5-9-17(13-15)29-25(31)21-19-11-3-4-12-20(19)22(27(33)34)24(28(35)36)23(21)26(32)30-18-10-6-8-16(2)14-18/h3-14H,1-2H3,(H,29,31)(H,30,32)(H,33,34)(H,35,36). The lowest BCUT2D eigenvalue weighted by Crippen LogP contribution is -2.26. The Bertz CT molecular complexity index is 1560. The van der Waals surface area contributed by atoms with E-state index < -0.39 is 40.4 Å². The SMILES string of the molecule is Cc1cccc(NC(=O)c2c(C(=O)O)c(C(=O)O)c3ccccc3c2C(=O)Nc2cccc(C)c2)c1. The van der Waals surface area contributed by atoms with E-state index in [-0.39, 0.29) is 16.3 Å². The molecule has 0 heterocycles. The Morgan fingerprint density at radius 2 is 1.00 bits per heavy atom. The molecule has 0 aromatic heterocycles. The van der Waals surface area contributed by atoms with Gasteiger partial charge in [-0.1, -0.05) is 48.5 Å². The smallest absolute Gasteiger partial charge is 0.337 e. The van der Waals surface area contributed by atoms with E-state index in [0.29, 0.717) is 11.4 Å². The Kier molecular flexibility index (Phi) is 6.52. The average molecular weight is 482 g/mol. The van der Waals surface area contributed by atoms with Gasteiger partial charge in [0.05, 0.1) is 22.3 Å². The van der Waals surface area contributed by atoms with Gasteiger partial charge in [-0.3, -0.25) is 9.59 Å². The van der Waals surface area contributed by atoms with Crippen molar-refractivity contribution in [3.8, 4) is 0 Å². The third-order valence-electron chi connectivity index (χ3n) is 5.65. The first-order valence-electron chi connectivity index (χ1n) is 11.0. The van der Waals surface area contributed by atoms with Crippen molar-refractivity contribution in [2.75, 3.05) is 10.6 Å². The third kappa shape index (κ3) is 4.65. The van der Waals surface area contributed by atoms with Crippen LogP contribution in [0.5, 0.6) is 0 Å². The highest BCUT2D eigenvalue weighted by atomic mass is 16.4. The summed E-state index contributed by atoms with van der Waals surface area (Å²) in [5.74, 6) is -4.83. The predicted molar refractivity (Wildman–Crippen MR) is 136 cm³/mol. The van der Waals surface area contributed by atoms with Gasteiger partial charge in [0.2, 0.25) is 0 Å². The lowest BCUT2D eigenvalue weighted by atomic mass is 9.87. The quantitative estimate of drug-likeness (QED) is 0.293. The summed E-state index contributed by atoms with van der Waals surface area (Å²) in [6.07, 6.45) is 0. The number of hydrogen-bond acceptors (Lipinski definition) is 4. The Labute approximate surface area is 206 Å². The number of carboxylic acids is 2. The molecule has 0 radical (unpaired) electrons. The van der Waals surface area contributed by atoms with Crippen LogP contribution in [0.3, 0.4) is 0 Å². The molecule has 0 unspecified atom stereocenters. The molecule has 4 aromatic rings. The molecule has 4 N–H and O–H groups in total. The van der Waals surface area contributed by atoms with Gasteiger partial charge >= 0.3 is 11.9 Å². The summed E-state index contributed by atoms with van der Waals surface area (Å²) in [5.41, 5.74) is 0.418. The van der Waals surface area contributed by atoms with Gasteiger partial charge in [-0.25, -0.2) is 9.59 Å². The number of carbonyl (C=O) groups excluding carboxylic acids is 2. The molecule has 0 aliphatic rings. The molecule has 0 aliphatic carbocycles. The summed E-state index contributed by atoms with van der Waals surface area (Å²) in [4.78, 5) is 51.8. The lowest BCUT2D eigenvalue weighted by molar-refractivity contribution is 0.0651. The minimum absolute atomic E-state index is 0.0314. The monoisotopic (exact) mass is 482 g/mol. The van der Waals surface area contributed by atoms with E-state index in [4.69, 9.17) is 0 Å². The van der Waals surface area contributed by atoms with Crippen molar-refractivity contribution in [2.24, 2.45) is 0 Å². The summed E-state index contributed by atoms with van der Waals surface area (Å²) >= 11 is 0. The van der Waals surface area contributed by atoms with Gasteiger partial charge in [-0.2, -0.15) is 0 Å². The number of aryl methyl sites for hydroxylation is 2. The first kappa shape index (κ1) is 24.2. The van der Waals surface area contributed by atoms with E-state index >= 15 is 0 Å². The topological polar surface area (TPSA) is 133 Å². The molecule has 0 bridgehead atoms. The van der Waals surface area contributed by atoms with Crippen LogP contribution < -0.4 is 10.6 Å². The molecule has 2 amide bonds. The number of carboxylic acid groups (broad SMARTS) is 2. The third-order valence-corrected chi connectivity index (χ3v) is 5.65. The van der Waals surface area contributed by atoms with Crippen molar-refractivity contribution in [1.82, 2.24) is 0 Å². The highest BCUT2D eigenvalue weighted by Crippen LogP contribution is 2.33. The summed E-state index contributed by atoms with van der Waals surface area (Å²) < 4.78 is 0. The van der Waals surface area contributed by atoms with Crippen molar-refractivity contribution in [2.45, 2.75) is 13.8 Å². The Hall–Kier alpha value is -4.98. The molecular formula is C28H22N2O6. The van der Waals surface area contributed by atoms with Crippen LogP contribution in [0.25, 0.3) is 10.8 Å². The van der Waals surface area contributed by atoms with Crippen molar-refractivity contribution in [3.63, 3.8) is 0 Å². The first-order chi connectivity index (χ1) is 17.2. The summed E-state index contributed by atoms with van der Waals surface area (Å²) in [6, 6.07) is 19.8. The molecule has 4 aromatic carbocycles. The van der Waals surface area contributed by atoms with Crippen LogP contribution in [0.4, 0.5) is 11.4 Å². The fourth-order valence-electron chi connectivity index (χ4n) is 4.17. The fourth-order valence-corrected chi connectivity index (χ4v) is 4.17. The molecule has 0 spiro atoms. The van der Waals surface area contributed by atoms with Crippen LogP contribution in [0.2, 0.25) is 0 Å². The van der Waals surface area contributed by atoms with Gasteiger partial charge in [-0.15, -0.1) is 0 Å². The zero-order valence-corrected chi connectivity index (χ0v) is 19.5. The number of amides is 2. The number of benzene rings is 4. The van der Waals surface area contributed by atoms with Gasteiger partial charge in [0.15, 0.2) is 0 Å². The number of anilines is 2. The number of fused-ring (bicyclic) bond motifs is 1. The second-order valence-corrected chi connectivity index (χ2v) is 8.30. The second-order valence-electron chi connectivity index (χ2n) is 8.30. The minimum atomic E-state index is -1.64.